The van der Waals surface area contributed by atoms with E-state index < -0.39 is 0 Å². The molecule has 23 heavy (non-hydrogen) atoms. The first-order valence-corrected chi connectivity index (χ1v) is 7.98. The van der Waals surface area contributed by atoms with Gasteiger partial charge in [-0.3, -0.25) is 4.79 Å². The number of fused-ring (bicyclic) bond motifs is 2. The number of carbonyl (C=O) groups excluding carboxylic acids is 1. The van der Waals surface area contributed by atoms with Crippen molar-refractivity contribution in [2.24, 2.45) is 7.05 Å². The fraction of sp³-hybridized carbons (Fsp3) is 0.222. The lowest BCUT2D eigenvalue weighted by molar-refractivity contribution is 0.0938. The third-order valence-electron chi connectivity index (χ3n) is 4.41. The van der Waals surface area contributed by atoms with Crippen molar-refractivity contribution in [3.63, 3.8) is 0 Å². The Kier molecular flexibility index (Phi) is 3.34. The first-order chi connectivity index (χ1) is 11.1. The summed E-state index contributed by atoms with van der Waals surface area (Å²) in [5.41, 5.74) is 3.95. The van der Waals surface area contributed by atoms with Crippen LogP contribution in [0.25, 0.3) is 11.0 Å². The number of carbonyl (C=O) groups is 1. The fourth-order valence-electron chi connectivity index (χ4n) is 3.27. The van der Waals surface area contributed by atoms with Gasteiger partial charge in [0.05, 0.1) is 10.6 Å². The summed E-state index contributed by atoms with van der Waals surface area (Å²) in [4.78, 5) is 16.9. The van der Waals surface area contributed by atoms with E-state index in [1.54, 1.807) is 12.4 Å². The van der Waals surface area contributed by atoms with Gasteiger partial charge in [-0.1, -0.05) is 35.9 Å². The maximum atomic E-state index is 12.5. The number of halogens is 1. The average molecular weight is 326 g/mol. The predicted octanol–water partition coefficient (Wildman–Crippen LogP) is 3.12. The van der Waals surface area contributed by atoms with Crippen molar-refractivity contribution in [3.05, 3.63) is 64.4 Å². The number of nitrogens with one attached hydrogen (secondary N) is 1. The molecule has 0 saturated carbocycles. The minimum Gasteiger partial charge on any atom is -0.349 e. The van der Waals surface area contributed by atoms with Gasteiger partial charge in [-0.05, 0) is 30.0 Å². The number of rotatable bonds is 2. The third kappa shape index (κ3) is 2.49. The maximum absolute atomic E-state index is 12.5. The lowest BCUT2D eigenvalue weighted by Gasteiger charge is -2.12. The van der Waals surface area contributed by atoms with Crippen LogP contribution in [0.2, 0.25) is 5.02 Å². The van der Waals surface area contributed by atoms with E-state index in [0.717, 1.165) is 23.9 Å². The Morgan fingerprint density at radius 1 is 1.30 bits per heavy atom. The standard InChI is InChI=1S/C18H16ClN3O/c1-22-10-16(19)15-8-13(9-20-17(15)22)18(23)21-14-6-11-4-2-3-5-12(11)7-14/h2-5,8-10,14H,6-7H2,1H3,(H,21,23). The van der Waals surface area contributed by atoms with Crippen LogP contribution < -0.4 is 5.32 Å². The molecule has 3 aromatic rings. The minimum absolute atomic E-state index is 0.0999. The Morgan fingerprint density at radius 3 is 2.70 bits per heavy atom. The number of nitrogens with zero attached hydrogens (tertiary/aromatic N) is 2. The molecule has 0 unspecified atom stereocenters. The Labute approximate surface area is 139 Å². The number of benzene rings is 1. The highest BCUT2D eigenvalue weighted by Gasteiger charge is 2.23. The van der Waals surface area contributed by atoms with Gasteiger partial charge in [0, 0.05) is 30.9 Å². The van der Waals surface area contributed by atoms with Gasteiger partial charge in [0.15, 0.2) is 0 Å². The molecule has 1 aliphatic carbocycles. The predicted molar refractivity (Wildman–Crippen MR) is 90.8 cm³/mol. The quantitative estimate of drug-likeness (QED) is 0.787. The molecule has 5 heteroatoms. The van der Waals surface area contributed by atoms with E-state index in [2.05, 4.69) is 22.4 Å². The van der Waals surface area contributed by atoms with Crippen LogP contribution in [-0.4, -0.2) is 21.5 Å². The Balaban J connectivity index is 1.55. The summed E-state index contributed by atoms with van der Waals surface area (Å²) in [6.07, 6.45) is 5.16. The molecule has 0 bridgehead atoms. The molecule has 2 heterocycles. The highest BCUT2D eigenvalue weighted by atomic mass is 35.5. The second-order valence-corrected chi connectivity index (χ2v) is 6.44. The van der Waals surface area contributed by atoms with Gasteiger partial charge in [0.2, 0.25) is 0 Å². The van der Waals surface area contributed by atoms with Crippen LogP contribution in [0.15, 0.2) is 42.7 Å². The molecule has 2 aromatic heterocycles. The molecule has 4 nitrogen and oxygen atoms in total. The van der Waals surface area contributed by atoms with Crippen LogP contribution in [-0.2, 0) is 19.9 Å². The summed E-state index contributed by atoms with van der Waals surface area (Å²) in [6, 6.07) is 10.3. The van der Waals surface area contributed by atoms with Crippen molar-refractivity contribution in [1.82, 2.24) is 14.9 Å². The Bertz CT molecular complexity index is 891. The molecule has 1 amide bonds. The fourth-order valence-corrected chi connectivity index (χ4v) is 3.55. The van der Waals surface area contributed by atoms with Crippen LogP contribution in [0.4, 0.5) is 0 Å². The van der Waals surface area contributed by atoms with E-state index in [-0.39, 0.29) is 11.9 Å². The lowest BCUT2D eigenvalue weighted by Crippen LogP contribution is -2.35. The third-order valence-corrected chi connectivity index (χ3v) is 4.71. The van der Waals surface area contributed by atoms with E-state index in [0.29, 0.717) is 10.6 Å². The molecular formula is C18H16ClN3O. The highest BCUT2D eigenvalue weighted by molar-refractivity contribution is 6.35. The number of hydrogen-bond donors (Lipinski definition) is 1. The molecule has 1 aromatic carbocycles. The first kappa shape index (κ1) is 14.3. The largest absolute Gasteiger partial charge is 0.349 e. The summed E-state index contributed by atoms with van der Waals surface area (Å²) in [5.74, 6) is -0.0999. The molecule has 0 aliphatic heterocycles. The average Bonchev–Trinajstić information content (AvgIpc) is 3.07. The summed E-state index contributed by atoms with van der Waals surface area (Å²) in [5, 5.41) is 4.52. The monoisotopic (exact) mass is 325 g/mol. The number of aromatic nitrogens is 2. The number of pyridine rings is 1. The summed E-state index contributed by atoms with van der Waals surface area (Å²) in [7, 11) is 1.89. The normalized spacial score (nSPS) is 14.2. The van der Waals surface area contributed by atoms with E-state index in [4.69, 9.17) is 11.6 Å². The molecule has 4 rings (SSSR count). The maximum Gasteiger partial charge on any atom is 0.253 e. The zero-order valence-electron chi connectivity index (χ0n) is 12.7. The zero-order chi connectivity index (χ0) is 16.0. The van der Waals surface area contributed by atoms with Crippen molar-refractivity contribution >= 4 is 28.5 Å². The molecule has 0 radical (unpaired) electrons. The van der Waals surface area contributed by atoms with E-state index in [1.807, 2.05) is 29.8 Å². The summed E-state index contributed by atoms with van der Waals surface area (Å²) < 4.78 is 1.85. The Morgan fingerprint density at radius 2 is 2.00 bits per heavy atom. The van der Waals surface area contributed by atoms with Gasteiger partial charge < -0.3 is 9.88 Å². The van der Waals surface area contributed by atoms with Crippen molar-refractivity contribution in [2.75, 3.05) is 0 Å². The topological polar surface area (TPSA) is 46.9 Å². The van der Waals surface area contributed by atoms with E-state index >= 15 is 0 Å². The van der Waals surface area contributed by atoms with Gasteiger partial charge in [0.1, 0.15) is 5.65 Å². The number of hydrogen-bond acceptors (Lipinski definition) is 2. The Hall–Kier alpha value is -2.33. The van der Waals surface area contributed by atoms with Crippen LogP contribution in [0.3, 0.4) is 0 Å². The van der Waals surface area contributed by atoms with Crippen LogP contribution in [0.1, 0.15) is 21.5 Å². The van der Waals surface area contributed by atoms with Crippen molar-refractivity contribution in [3.8, 4) is 0 Å². The van der Waals surface area contributed by atoms with Gasteiger partial charge in [-0.25, -0.2) is 4.98 Å². The van der Waals surface area contributed by atoms with E-state index in [9.17, 15) is 4.79 Å². The van der Waals surface area contributed by atoms with Gasteiger partial charge in [-0.2, -0.15) is 0 Å². The second kappa shape index (κ2) is 5.39. The first-order valence-electron chi connectivity index (χ1n) is 7.60. The lowest BCUT2D eigenvalue weighted by atomic mass is 10.1. The number of aryl methyl sites for hydroxylation is 1. The van der Waals surface area contributed by atoms with E-state index in [1.165, 1.54) is 11.1 Å². The highest BCUT2D eigenvalue weighted by Crippen LogP contribution is 2.25. The SMILES string of the molecule is Cn1cc(Cl)c2cc(C(=O)NC3Cc4ccccc4C3)cnc21. The van der Waals surface area contributed by atoms with Gasteiger partial charge in [0.25, 0.3) is 5.91 Å². The van der Waals surface area contributed by atoms with Crippen LogP contribution in [0, 0.1) is 0 Å². The molecule has 0 atom stereocenters. The molecule has 1 N–H and O–H groups in total. The molecule has 0 fully saturated rings. The molecule has 1 aliphatic rings. The van der Waals surface area contributed by atoms with Gasteiger partial charge in [-0.15, -0.1) is 0 Å². The van der Waals surface area contributed by atoms with Crippen LogP contribution >= 0.6 is 11.6 Å². The summed E-state index contributed by atoms with van der Waals surface area (Å²) >= 11 is 6.19. The van der Waals surface area contributed by atoms with Crippen molar-refractivity contribution in [2.45, 2.75) is 18.9 Å². The molecule has 116 valence electrons. The van der Waals surface area contributed by atoms with Gasteiger partial charge >= 0.3 is 0 Å². The molecule has 0 spiro atoms. The zero-order valence-corrected chi connectivity index (χ0v) is 13.5. The molecular weight excluding hydrogens is 310 g/mol. The van der Waals surface area contributed by atoms with Crippen molar-refractivity contribution in [1.29, 1.82) is 0 Å². The smallest absolute Gasteiger partial charge is 0.253 e. The summed E-state index contributed by atoms with van der Waals surface area (Å²) in [6.45, 7) is 0. The second-order valence-electron chi connectivity index (χ2n) is 6.03. The van der Waals surface area contributed by atoms with Crippen molar-refractivity contribution < 1.29 is 4.79 Å². The minimum atomic E-state index is -0.0999. The number of amides is 1. The molecule has 0 saturated heterocycles. The van der Waals surface area contributed by atoms with Crippen LogP contribution in [0.5, 0.6) is 0 Å².